The summed E-state index contributed by atoms with van der Waals surface area (Å²) in [5, 5.41) is 3.38. The second-order valence-corrected chi connectivity index (χ2v) is 2.11. The van der Waals surface area contributed by atoms with E-state index in [-0.39, 0.29) is 6.42 Å². The van der Waals surface area contributed by atoms with Crippen molar-refractivity contribution in [3.63, 3.8) is 0 Å². The Hall–Kier alpha value is -0.250. The first-order valence-electron chi connectivity index (χ1n) is 2.84. The zero-order valence-corrected chi connectivity index (χ0v) is 4.78. The third kappa shape index (κ3) is 1.58. The zero-order valence-electron chi connectivity index (χ0n) is 4.78. The molecule has 1 heterocycles. The molecule has 0 aromatic heterocycles. The summed E-state index contributed by atoms with van der Waals surface area (Å²) in [6.07, 6.45) is -3.32. The van der Waals surface area contributed by atoms with Crippen molar-refractivity contribution in [2.45, 2.75) is 25.1 Å². The lowest BCUT2D eigenvalue weighted by Gasteiger charge is -2.24. The average Bonchev–Trinajstić information content (AvgIpc) is 2.08. The minimum atomic E-state index is -4.09. The predicted octanol–water partition coefficient (Wildman–Crippen LogP) is 2.08. The van der Waals surface area contributed by atoms with Crippen molar-refractivity contribution in [1.82, 2.24) is 0 Å². The third-order valence-corrected chi connectivity index (χ3v) is 1.36. The van der Waals surface area contributed by atoms with E-state index < -0.39 is 12.2 Å². The van der Waals surface area contributed by atoms with E-state index >= 15 is 0 Å². The van der Waals surface area contributed by atoms with E-state index in [4.69, 9.17) is 0 Å². The molecule has 0 unspecified atom stereocenters. The molecule has 1 fully saturated rings. The summed E-state index contributed by atoms with van der Waals surface area (Å²) in [6.45, 7) is 0.379. The molecule has 0 aromatic carbocycles. The van der Waals surface area contributed by atoms with Gasteiger partial charge in [-0.15, -0.1) is 6.54 Å². The Bertz CT molecular complexity index is 92.9. The topological polar surface area (TPSA) is 14.1 Å². The van der Waals surface area contributed by atoms with Gasteiger partial charge in [-0.2, -0.15) is 13.2 Å². The van der Waals surface area contributed by atoms with E-state index in [9.17, 15) is 13.2 Å². The molecule has 0 amide bonds. The highest BCUT2D eigenvalue weighted by Gasteiger charge is 2.33. The SMILES string of the molecule is FC(F)(F)[C@@H]1CCC[N-]1. The number of alkyl halides is 3. The van der Waals surface area contributed by atoms with E-state index in [0.29, 0.717) is 13.0 Å². The molecular weight excluding hydrogens is 131 g/mol. The summed E-state index contributed by atoms with van der Waals surface area (Å²) < 4.78 is 35.0. The highest BCUT2D eigenvalue weighted by Crippen LogP contribution is 2.33. The number of rotatable bonds is 0. The Labute approximate surface area is 51.2 Å². The monoisotopic (exact) mass is 138 g/mol. The van der Waals surface area contributed by atoms with E-state index in [2.05, 4.69) is 5.32 Å². The Morgan fingerprint density at radius 1 is 1.33 bits per heavy atom. The van der Waals surface area contributed by atoms with Gasteiger partial charge in [0, 0.05) is 0 Å². The van der Waals surface area contributed by atoms with Gasteiger partial charge in [0.1, 0.15) is 0 Å². The first-order valence-corrected chi connectivity index (χ1v) is 2.84. The van der Waals surface area contributed by atoms with Crippen LogP contribution >= 0.6 is 0 Å². The lowest BCUT2D eigenvalue weighted by Crippen LogP contribution is -2.24. The maximum absolute atomic E-state index is 11.7. The molecule has 0 bridgehead atoms. The maximum Gasteiger partial charge on any atom is 0.373 e. The molecule has 0 aliphatic carbocycles. The van der Waals surface area contributed by atoms with Gasteiger partial charge < -0.3 is 5.32 Å². The van der Waals surface area contributed by atoms with Crippen LogP contribution in [0, 0.1) is 0 Å². The summed E-state index contributed by atoms with van der Waals surface area (Å²) in [5.41, 5.74) is 0. The van der Waals surface area contributed by atoms with Gasteiger partial charge in [0.25, 0.3) is 0 Å². The molecule has 1 nitrogen and oxygen atoms in total. The molecule has 4 heteroatoms. The van der Waals surface area contributed by atoms with Crippen LogP contribution in [0.25, 0.3) is 5.32 Å². The van der Waals surface area contributed by atoms with Crippen molar-refractivity contribution in [2.24, 2.45) is 0 Å². The van der Waals surface area contributed by atoms with Crippen LogP contribution in [0.5, 0.6) is 0 Å². The molecule has 1 atom stereocenters. The fourth-order valence-electron chi connectivity index (χ4n) is 0.890. The normalized spacial score (nSPS) is 29.0. The summed E-state index contributed by atoms with van der Waals surface area (Å²) in [5.74, 6) is 0. The van der Waals surface area contributed by atoms with Crippen molar-refractivity contribution in [1.29, 1.82) is 0 Å². The molecule has 9 heavy (non-hydrogen) atoms. The molecule has 0 saturated carbocycles. The minimum absolute atomic E-state index is 0.184. The van der Waals surface area contributed by atoms with Crippen molar-refractivity contribution in [3.05, 3.63) is 5.32 Å². The van der Waals surface area contributed by atoms with Crippen LogP contribution < -0.4 is 0 Å². The summed E-state index contributed by atoms with van der Waals surface area (Å²) in [6, 6.07) is -1.36. The highest BCUT2D eigenvalue weighted by molar-refractivity contribution is 5.01. The Balaban J connectivity index is 2.42. The van der Waals surface area contributed by atoms with Gasteiger partial charge in [0.15, 0.2) is 0 Å². The van der Waals surface area contributed by atoms with Gasteiger partial charge in [0.2, 0.25) is 0 Å². The average molecular weight is 138 g/mol. The lowest BCUT2D eigenvalue weighted by atomic mass is 10.2. The van der Waals surface area contributed by atoms with Gasteiger partial charge in [-0.1, -0.05) is 12.8 Å². The Kier molecular flexibility index (Phi) is 1.66. The zero-order chi connectivity index (χ0) is 6.91. The van der Waals surface area contributed by atoms with Gasteiger partial charge in [-0.05, 0) is 6.04 Å². The predicted molar refractivity (Wildman–Crippen MR) is 27.3 cm³/mol. The number of halogens is 3. The molecule has 1 aliphatic rings. The van der Waals surface area contributed by atoms with Gasteiger partial charge >= 0.3 is 6.18 Å². The van der Waals surface area contributed by atoms with E-state index in [1.165, 1.54) is 0 Å². The second-order valence-electron chi connectivity index (χ2n) is 2.11. The second kappa shape index (κ2) is 2.17. The van der Waals surface area contributed by atoms with Gasteiger partial charge in [-0.25, -0.2) is 0 Å². The molecule has 0 aromatic rings. The highest BCUT2D eigenvalue weighted by atomic mass is 19.4. The van der Waals surface area contributed by atoms with Gasteiger partial charge in [0.05, 0.1) is 0 Å². The number of hydrogen-bond acceptors (Lipinski definition) is 0. The lowest BCUT2D eigenvalue weighted by molar-refractivity contribution is -0.139. The Morgan fingerprint density at radius 3 is 2.22 bits per heavy atom. The molecule has 54 valence electrons. The number of hydrogen-bond donors (Lipinski definition) is 0. The molecule has 0 N–H and O–H groups in total. The molecule has 0 radical (unpaired) electrons. The minimum Gasteiger partial charge on any atom is -0.652 e. The molecule has 1 rings (SSSR count). The van der Waals surface area contributed by atoms with Crippen LogP contribution in [0.1, 0.15) is 12.8 Å². The van der Waals surface area contributed by atoms with E-state index in [1.807, 2.05) is 0 Å². The molecule has 0 spiro atoms. The van der Waals surface area contributed by atoms with Crippen LogP contribution in [0.2, 0.25) is 0 Å². The first-order chi connectivity index (χ1) is 4.11. The van der Waals surface area contributed by atoms with Crippen LogP contribution in [-0.4, -0.2) is 18.8 Å². The van der Waals surface area contributed by atoms with Crippen LogP contribution in [0.4, 0.5) is 13.2 Å². The van der Waals surface area contributed by atoms with Crippen molar-refractivity contribution in [3.8, 4) is 0 Å². The summed E-state index contributed by atoms with van der Waals surface area (Å²) in [7, 11) is 0. The first kappa shape index (κ1) is 6.86. The molecule has 1 aliphatic heterocycles. The molecule has 1 saturated heterocycles. The summed E-state index contributed by atoms with van der Waals surface area (Å²) >= 11 is 0. The molecular formula is C5H7F3N-. The van der Waals surface area contributed by atoms with Crippen molar-refractivity contribution < 1.29 is 13.2 Å². The maximum atomic E-state index is 11.7. The van der Waals surface area contributed by atoms with Crippen molar-refractivity contribution in [2.75, 3.05) is 6.54 Å². The Morgan fingerprint density at radius 2 is 2.00 bits per heavy atom. The van der Waals surface area contributed by atoms with E-state index in [0.717, 1.165) is 0 Å². The standard InChI is InChI=1S/C5H7F3N/c6-5(7,8)4-2-1-3-9-4/h4H,1-3H2/q-1/t4-/m0/s1. The fraction of sp³-hybridized carbons (Fsp3) is 1.00. The quantitative estimate of drug-likeness (QED) is 0.486. The van der Waals surface area contributed by atoms with Gasteiger partial charge in [-0.3, -0.25) is 0 Å². The third-order valence-electron chi connectivity index (χ3n) is 1.36. The van der Waals surface area contributed by atoms with Crippen LogP contribution in [-0.2, 0) is 0 Å². The van der Waals surface area contributed by atoms with Crippen LogP contribution in [0.3, 0.4) is 0 Å². The summed E-state index contributed by atoms with van der Waals surface area (Å²) in [4.78, 5) is 0. The van der Waals surface area contributed by atoms with Crippen LogP contribution in [0.15, 0.2) is 0 Å². The number of nitrogens with zero attached hydrogens (tertiary/aromatic N) is 1. The van der Waals surface area contributed by atoms with Crippen molar-refractivity contribution >= 4 is 0 Å². The smallest absolute Gasteiger partial charge is 0.373 e. The van der Waals surface area contributed by atoms with E-state index in [1.54, 1.807) is 0 Å². The largest absolute Gasteiger partial charge is 0.652 e. The fourth-order valence-corrected chi connectivity index (χ4v) is 0.890.